The van der Waals surface area contributed by atoms with Gasteiger partial charge in [0.2, 0.25) is 0 Å². The molecule has 1 atom stereocenters. The quantitative estimate of drug-likeness (QED) is 0.845. The van der Waals surface area contributed by atoms with Crippen LogP contribution in [-0.4, -0.2) is 0 Å². The van der Waals surface area contributed by atoms with Crippen LogP contribution in [0, 0.1) is 5.82 Å². The molecule has 0 heterocycles. The van der Waals surface area contributed by atoms with Crippen LogP contribution < -0.4 is 5.73 Å². The van der Waals surface area contributed by atoms with Gasteiger partial charge < -0.3 is 5.73 Å². The molecule has 0 bridgehead atoms. The molecule has 0 aliphatic rings. The van der Waals surface area contributed by atoms with Crippen molar-refractivity contribution in [1.29, 1.82) is 0 Å². The highest BCUT2D eigenvalue weighted by molar-refractivity contribution is 9.10. The molecule has 88 valence electrons. The monoisotopic (exact) mass is 357 g/mol. The molecule has 0 radical (unpaired) electrons. The van der Waals surface area contributed by atoms with Crippen LogP contribution in [-0.2, 0) is 0 Å². The Labute approximate surface area is 116 Å². The smallest absolute Gasteiger partial charge is 0.124 e. The van der Waals surface area contributed by atoms with Crippen LogP contribution >= 0.6 is 31.9 Å². The van der Waals surface area contributed by atoms with E-state index in [-0.39, 0.29) is 11.9 Å². The molecule has 0 fully saturated rings. The SMILES string of the molecule is NC(c1ccc(Br)cc1)c1cc(F)cc(Br)c1. The molecule has 4 heteroatoms. The highest BCUT2D eigenvalue weighted by Gasteiger charge is 2.10. The molecule has 17 heavy (non-hydrogen) atoms. The van der Waals surface area contributed by atoms with E-state index in [1.807, 2.05) is 30.3 Å². The van der Waals surface area contributed by atoms with Crippen LogP contribution in [0.5, 0.6) is 0 Å². The van der Waals surface area contributed by atoms with Gasteiger partial charge in [-0.05, 0) is 41.5 Å². The van der Waals surface area contributed by atoms with Crippen LogP contribution in [0.25, 0.3) is 0 Å². The summed E-state index contributed by atoms with van der Waals surface area (Å²) >= 11 is 6.63. The standard InChI is InChI=1S/C13H10Br2FN/c14-10-3-1-8(2-4-10)13(17)9-5-11(15)7-12(16)6-9/h1-7,13H,17H2. The van der Waals surface area contributed by atoms with Crippen LogP contribution in [0.2, 0.25) is 0 Å². The van der Waals surface area contributed by atoms with E-state index < -0.39 is 0 Å². The van der Waals surface area contributed by atoms with Gasteiger partial charge in [-0.2, -0.15) is 0 Å². The van der Waals surface area contributed by atoms with Crippen molar-refractivity contribution in [1.82, 2.24) is 0 Å². The molecule has 2 N–H and O–H groups in total. The summed E-state index contributed by atoms with van der Waals surface area (Å²) in [7, 11) is 0. The lowest BCUT2D eigenvalue weighted by molar-refractivity contribution is 0.622. The summed E-state index contributed by atoms with van der Waals surface area (Å²) in [6, 6.07) is 12.1. The van der Waals surface area contributed by atoms with Gasteiger partial charge in [0.05, 0.1) is 6.04 Å². The van der Waals surface area contributed by atoms with Crippen LogP contribution in [0.1, 0.15) is 17.2 Å². The van der Waals surface area contributed by atoms with Crippen molar-refractivity contribution < 1.29 is 4.39 Å². The second-order valence-electron chi connectivity index (χ2n) is 3.73. The Bertz CT molecular complexity index is 505. The van der Waals surface area contributed by atoms with Crippen molar-refractivity contribution in [2.45, 2.75) is 6.04 Å². The van der Waals surface area contributed by atoms with Gasteiger partial charge in [0, 0.05) is 8.95 Å². The summed E-state index contributed by atoms with van der Waals surface area (Å²) in [5, 5.41) is 0. The van der Waals surface area contributed by atoms with Gasteiger partial charge in [-0.25, -0.2) is 4.39 Å². The highest BCUT2D eigenvalue weighted by atomic mass is 79.9. The topological polar surface area (TPSA) is 26.0 Å². The van der Waals surface area contributed by atoms with E-state index in [4.69, 9.17) is 5.73 Å². The molecule has 1 nitrogen and oxygen atoms in total. The fourth-order valence-corrected chi connectivity index (χ4v) is 2.36. The fraction of sp³-hybridized carbons (Fsp3) is 0.0769. The second kappa shape index (κ2) is 5.29. The number of halogens is 3. The van der Waals surface area contributed by atoms with E-state index in [0.29, 0.717) is 4.47 Å². The molecule has 0 aliphatic heterocycles. The van der Waals surface area contributed by atoms with Gasteiger partial charge in [-0.1, -0.05) is 44.0 Å². The van der Waals surface area contributed by atoms with E-state index >= 15 is 0 Å². The maximum absolute atomic E-state index is 13.3. The van der Waals surface area contributed by atoms with E-state index in [1.54, 1.807) is 0 Å². The lowest BCUT2D eigenvalue weighted by Gasteiger charge is -2.13. The van der Waals surface area contributed by atoms with Crippen molar-refractivity contribution in [3.05, 3.63) is 68.4 Å². The number of hydrogen-bond acceptors (Lipinski definition) is 1. The van der Waals surface area contributed by atoms with Crippen LogP contribution in [0.15, 0.2) is 51.4 Å². The molecule has 2 aromatic carbocycles. The lowest BCUT2D eigenvalue weighted by Crippen LogP contribution is -2.12. The number of nitrogens with two attached hydrogens (primary N) is 1. The minimum absolute atomic E-state index is 0.290. The minimum Gasteiger partial charge on any atom is -0.320 e. The lowest BCUT2D eigenvalue weighted by atomic mass is 10.00. The molecule has 0 amide bonds. The molecule has 2 rings (SSSR count). The minimum atomic E-state index is -0.324. The van der Waals surface area contributed by atoms with Crippen molar-refractivity contribution in [2.75, 3.05) is 0 Å². The molecule has 0 aromatic heterocycles. The van der Waals surface area contributed by atoms with Crippen molar-refractivity contribution in [3.8, 4) is 0 Å². The Morgan fingerprint density at radius 1 is 0.882 bits per heavy atom. The second-order valence-corrected chi connectivity index (χ2v) is 5.56. The van der Waals surface area contributed by atoms with Crippen molar-refractivity contribution >= 4 is 31.9 Å². The first-order chi connectivity index (χ1) is 8.06. The van der Waals surface area contributed by atoms with Gasteiger partial charge in [-0.3, -0.25) is 0 Å². The average molecular weight is 359 g/mol. The van der Waals surface area contributed by atoms with E-state index in [1.165, 1.54) is 12.1 Å². The summed E-state index contributed by atoms with van der Waals surface area (Å²) < 4.78 is 15.0. The maximum atomic E-state index is 13.3. The summed E-state index contributed by atoms with van der Waals surface area (Å²) in [5.41, 5.74) is 7.80. The van der Waals surface area contributed by atoms with Gasteiger partial charge in [0.25, 0.3) is 0 Å². The predicted octanol–water partition coefficient (Wildman–Crippen LogP) is 4.40. The third-order valence-electron chi connectivity index (χ3n) is 2.47. The van der Waals surface area contributed by atoms with Crippen LogP contribution in [0.4, 0.5) is 4.39 Å². The normalized spacial score (nSPS) is 12.5. The molecule has 0 spiro atoms. The van der Waals surface area contributed by atoms with Gasteiger partial charge in [0.1, 0.15) is 5.82 Å². The first-order valence-corrected chi connectivity index (χ1v) is 6.62. The van der Waals surface area contributed by atoms with E-state index in [2.05, 4.69) is 31.9 Å². The first kappa shape index (κ1) is 12.7. The van der Waals surface area contributed by atoms with Crippen molar-refractivity contribution in [3.63, 3.8) is 0 Å². The third-order valence-corrected chi connectivity index (χ3v) is 3.46. The average Bonchev–Trinajstić information content (AvgIpc) is 2.28. The molecule has 0 saturated heterocycles. The molecule has 0 saturated carbocycles. The largest absolute Gasteiger partial charge is 0.320 e. The molecular formula is C13H10Br2FN. The Balaban J connectivity index is 2.36. The molecular weight excluding hydrogens is 349 g/mol. The Morgan fingerprint density at radius 2 is 1.53 bits per heavy atom. The number of rotatable bonds is 2. The predicted molar refractivity (Wildman–Crippen MR) is 74.3 cm³/mol. The number of hydrogen-bond donors (Lipinski definition) is 1. The Morgan fingerprint density at radius 3 is 2.12 bits per heavy atom. The highest BCUT2D eigenvalue weighted by Crippen LogP contribution is 2.24. The summed E-state index contributed by atoms with van der Waals surface area (Å²) in [5.74, 6) is -0.290. The van der Waals surface area contributed by atoms with Gasteiger partial charge in [0.15, 0.2) is 0 Å². The first-order valence-electron chi connectivity index (χ1n) is 5.03. The molecule has 1 unspecified atom stereocenters. The summed E-state index contributed by atoms with van der Waals surface area (Å²) in [6.07, 6.45) is 0. The fourth-order valence-electron chi connectivity index (χ4n) is 1.62. The summed E-state index contributed by atoms with van der Waals surface area (Å²) in [6.45, 7) is 0. The van der Waals surface area contributed by atoms with Crippen molar-refractivity contribution in [2.24, 2.45) is 5.73 Å². The third kappa shape index (κ3) is 3.15. The van der Waals surface area contributed by atoms with Gasteiger partial charge >= 0.3 is 0 Å². The maximum Gasteiger partial charge on any atom is 0.124 e. The Kier molecular flexibility index (Phi) is 3.97. The van der Waals surface area contributed by atoms with E-state index in [9.17, 15) is 4.39 Å². The molecule has 0 aliphatic carbocycles. The van der Waals surface area contributed by atoms with Crippen LogP contribution in [0.3, 0.4) is 0 Å². The zero-order chi connectivity index (χ0) is 12.4. The van der Waals surface area contributed by atoms with Gasteiger partial charge in [-0.15, -0.1) is 0 Å². The Hall–Kier alpha value is -0.710. The van der Waals surface area contributed by atoms with E-state index in [0.717, 1.165) is 15.6 Å². The molecule has 2 aromatic rings. The zero-order valence-corrected chi connectivity index (χ0v) is 12.0. The number of benzene rings is 2. The summed E-state index contributed by atoms with van der Waals surface area (Å²) in [4.78, 5) is 0. The zero-order valence-electron chi connectivity index (χ0n) is 8.83.